The Hall–Kier alpha value is -0.970. The molecule has 0 amide bonds. The van der Waals surface area contributed by atoms with Crippen LogP contribution < -0.4 is 0 Å². The van der Waals surface area contributed by atoms with E-state index in [2.05, 4.69) is 6.92 Å². The zero-order chi connectivity index (χ0) is 15.7. The van der Waals surface area contributed by atoms with Crippen molar-refractivity contribution in [2.75, 3.05) is 6.61 Å². The van der Waals surface area contributed by atoms with E-state index in [9.17, 15) is 9.59 Å². The lowest BCUT2D eigenvalue weighted by atomic mass is 9.99. The van der Waals surface area contributed by atoms with Crippen LogP contribution in [-0.2, 0) is 14.3 Å². The highest BCUT2D eigenvalue weighted by Gasteiger charge is 2.40. The van der Waals surface area contributed by atoms with Gasteiger partial charge in [0, 0.05) is 6.08 Å². The highest BCUT2D eigenvalue weighted by molar-refractivity contribution is 8.15. The number of carbonyl (C=O) groups excluding carboxylic acids is 2. The third-order valence-electron chi connectivity index (χ3n) is 3.56. The van der Waals surface area contributed by atoms with Crippen LogP contribution in [0, 0.1) is 0 Å². The fourth-order valence-corrected chi connectivity index (χ4v) is 3.41. The summed E-state index contributed by atoms with van der Waals surface area (Å²) in [6.45, 7) is 6.15. The van der Waals surface area contributed by atoms with Crippen LogP contribution >= 0.6 is 11.8 Å². The predicted molar refractivity (Wildman–Crippen MR) is 85.2 cm³/mol. The molecule has 1 aliphatic rings. The summed E-state index contributed by atoms with van der Waals surface area (Å²) >= 11 is 1.24. The van der Waals surface area contributed by atoms with Crippen LogP contribution in [0.5, 0.6) is 0 Å². The van der Waals surface area contributed by atoms with Crippen molar-refractivity contribution in [2.24, 2.45) is 0 Å². The van der Waals surface area contributed by atoms with Gasteiger partial charge >= 0.3 is 6.16 Å². The molecule has 1 unspecified atom stereocenters. The summed E-state index contributed by atoms with van der Waals surface area (Å²) in [5, 5.41) is -0.0530. The summed E-state index contributed by atoms with van der Waals surface area (Å²) in [6, 6.07) is 0. The van der Waals surface area contributed by atoms with E-state index in [4.69, 9.17) is 9.47 Å². The van der Waals surface area contributed by atoms with Crippen molar-refractivity contribution in [1.29, 1.82) is 0 Å². The molecule has 0 fully saturated rings. The second kappa shape index (κ2) is 9.13. The first kappa shape index (κ1) is 18.1. The van der Waals surface area contributed by atoms with E-state index in [1.54, 1.807) is 6.92 Å². The third kappa shape index (κ3) is 6.12. The van der Waals surface area contributed by atoms with E-state index in [0.29, 0.717) is 5.76 Å². The Balaban J connectivity index is 2.44. The zero-order valence-corrected chi connectivity index (χ0v) is 14.1. The summed E-state index contributed by atoms with van der Waals surface area (Å²) in [5.74, 6) is 0.435. The largest absolute Gasteiger partial charge is 0.513 e. The van der Waals surface area contributed by atoms with Gasteiger partial charge in [-0.3, -0.25) is 4.79 Å². The molecule has 0 aliphatic carbocycles. The molecule has 1 rings (SSSR count). The molecule has 0 aromatic carbocycles. The van der Waals surface area contributed by atoms with Crippen molar-refractivity contribution in [1.82, 2.24) is 0 Å². The van der Waals surface area contributed by atoms with Crippen molar-refractivity contribution >= 4 is 23.0 Å². The van der Waals surface area contributed by atoms with E-state index >= 15 is 0 Å². The number of hydrogen-bond donors (Lipinski definition) is 0. The minimum Gasteiger partial charge on any atom is -0.434 e. The average molecular weight is 314 g/mol. The summed E-state index contributed by atoms with van der Waals surface area (Å²) in [4.78, 5) is 23.1. The van der Waals surface area contributed by atoms with Gasteiger partial charge in [-0.1, -0.05) is 57.2 Å². The van der Waals surface area contributed by atoms with Gasteiger partial charge in [0.2, 0.25) is 5.12 Å². The smallest absolute Gasteiger partial charge is 0.434 e. The molecule has 21 heavy (non-hydrogen) atoms. The van der Waals surface area contributed by atoms with E-state index < -0.39 is 10.9 Å². The van der Waals surface area contributed by atoms with Crippen molar-refractivity contribution in [3.63, 3.8) is 0 Å². The lowest BCUT2D eigenvalue weighted by Crippen LogP contribution is -2.24. The Kier molecular flexibility index (Phi) is 7.86. The van der Waals surface area contributed by atoms with E-state index in [1.807, 2.05) is 6.92 Å². The highest BCUT2D eigenvalue weighted by Crippen LogP contribution is 2.44. The van der Waals surface area contributed by atoms with Crippen molar-refractivity contribution in [2.45, 2.75) is 70.5 Å². The lowest BCUT2D eigenvalue weighted by molar-refractivity contribution is -0.106. The van der Waals surface area contributed by atoms with Crippen LogP contribution in [0.15, 0.2) is 11.8 Å². The molecule has 1 aliphatic heterocycles. The Bertz CT molecular complexity index is 392. The van der Waals surface area contributed by atoms with Crippen molar-refractivity contribution in [3.05, 3.63) is 11.8 Å². The van der Waals surface area contributed by atoms with Gasteiger partial charge in [0.25, 0.3) is 0 Å². The number of hydrogen-bond acceptors (Lipinski definition) is 5. The Morgan fingerprint density at radius 2 is 1.86 bits per heavy atom. The molecule has 1 heterocycles. The van der Waals surface area contributed by atoms with E-state index in [0.717, 1.165) is 19.3 Å². The van der Waals surface area contributed by atoms with Crippen LogP contribution in [0.4, 0.5) is 4.79 Å². The maximum atomic E-state index is 11.6. The van der Waals surface area contributed by atoms with Gasteiger partial charge in [0.1, 0.15) is 5.76 Å². The molecule has 0 aromatic heterocycles. The zero-order valence-electron chi connectivity index (χ0n) is 13.3. The van der Waals surface area contributed by atoms with Gasteiger partial charge in [-0.15, -0.1) is 0 Å². The number of unbranched alkanes of at least 4 members (excludes halogenated alkanes) is 5. The van der Waals surface area contributed by atoms with Crippen LogP contribution in [0.3, 0.4) is 0 Å². The highest BCUT2D eigenvalue weighted by atomic mass is 32.2. The quantitative estimate of drug-likeness (QED) is 0.451. The Labute approximate surface area is 131 Å². The summed E-state index contributed by atoms with van der Waals surface area (Å²) < 4.78 is 9.54. The van der Waals surface area contributed by atoms with Gasteiger partial charge in [-0.2, -0.15) is 0 Å². The van der Waals surface area contributed by atoms with Gasteiger partial charge in [-0.25, -0.2) is 4.79 Å². The normalized spacial score (nSPS) is 21.3. The summed E-state index contributed by atoms with van der Waals surface area (Å²) in [5.41, 5.74) is 0. The molecular weight excluding hydrogens is 288 g/mol. The maximum absolute atomic E-state index is 11.6. The van der Waals surface area contributed by atoms with Crippen LogP contribution in [-0.4, -0.2) is 22.6 Å². The molecule has 0 saturated heterocycles. The fourth-order valence-electron chi connectivity index (χ4n) is 2.35. The number of carbonyl (C=O) groups is 2. The minimum atomic E-state index is -0.728. The SMILES string of the molecule is CCCCCCCCC1(C)SC(=O)C=C1OC(=O)OCC. The van der Waals surface area contributed by atoms with E-state index in [1.165, 1.54) is 43.5 Å². The molecule has 0 spiro atoms. The van der Waals surface area contributed by atoms with Crippen molar-refractivity contribution in [3.8, 4) is 0 Å². The average Bonchev–Trinajstić information content (AvgIpc) is 2.69. The first-order chi connectivity index (χ1) is 10.0. The van der Waals surface area contributed by atoms with Crippen LogP contribution in [0.1, 0.15) is 65.7 Å². The number of rotatable bonds is 9. The summed E-state index contributed by atoms with van der Waals surface area (Å²) in [7, 11) is 0. The Morgan fingerprint density at radius 3 is 2.52 bits per heavy atom. The second-order valence-electron chi connectivity index (χ2n) is 5.46. The van der Waals surface area contributed by atoms with Crippen LogP contribution in [0.25, 0.3) is 0 Å². The number of ether oxygens (including phenoxy) is 2. The third-order valence-corrected chi connectivity index (χ3v) is 4.73. The molecule has 0 N–H and O–H groups in total. The first-order valence-electron chi connectivity index (χ1n) is 7.81. The molecule has 0 bridgehead atoms. The van der Waals surface area contributed by atoms with E-state index in [-0.39, 0.29) is 11.7 Å². The maximum Gasteiger partial charge on any atom is 0.513 e. The molecule has 120 valence electrons. The van der Waals surface area contributed by atoms with Gasteiger partial charge in [0.05, 0.1) is 11.4 Å². The van der Waals surface area contributed by atoms with Gasteiger partial charge < -0.3 is 9.47 Å². The molecular formula is C16H26O4S. The van der Waals surface area contributed by atoms with Gasteiger partial charge in [-0.05, 0) is 20.3 Å². The second-order valence-corrected chi connectivity index (χ2v) is 6.97. The topological polar surface area (TPSA) is 52.6 Å². The number of thioether (sulfide) groups is 1. The minimum absolute atomic E-state index is 0.0530. The Morgan fingerprint density at radius 1 is 1.19 bits per heavy atom. The van der Waals surface area contributed by atoms with Gasteiger partial charge in [0.15, 0.2) is 0 Å². The lowest BCUT2D eigenvalue weighted by Gasteiger charge is -2.24. The fraction of sp³-hybridized carbons (Fsp3) is 0.750. The first-order valence-corrected chi connectivity index (χ1v) is 8.63. The molecule has 0 saturated carbocycles. The molecule has 0 aromatic rings. The molecule has 0 radical (unpaired) electrons. The monoisotopic (exact) mass is 314 g/mol. The standard InChI is InChI=1S/C16H26O4S/c1-4-6-7-8-9-10-11-16(3)13(12-14(17)21-16)20-15(18)19-5-2/h12H,4-11H2,1-3H3. The predicted octanol–water partition coefficient (Wildman–Crippen LogP) is 4.83. The van der Waals surface area contributed by atoms with Crippen LogP contribution in [0.2, 0.25) is 0 Å². The molecule has 1 atom stereocenters. The molecule has 5 heteroatoms. The van der Waals surface area contributed by atoms with Crippen molar-refractivity contribution < 1.29 is 19.1 Å². The molecule has 4 nitrogen and oxygen atoms in total. The summed E-state index contributed by atoms with van der Waals surface area (Å²) in [6.07, 6.45) is 8.71.